The van der Waals surface area contributed by atoms with Crippen molar-refractivity contribution in [3.63, 3.8) is 0 Å². The Morgan fingerprint density at radius 2 is 1.87 bits per heavy atom. The van der Waals surface area contributed by atoms with Crippen molar-refractivity contribution in [1.29, 1.82) is 0 Å². The van der Waals surface area contributed by atoms with Crippen LogP contribution in [-0.4, -0.2) is 4.92 Å². The summed E-state index contributed by atoms with van der Waals surface area (Å²) in [6.07, 6.45) is 0. The molecule has 0 unspecified atom stereocenters. The van der Waals surface area contributed by atoms with E-state index < -0.39 is 4.92 Å². The second kappa shape index (κ2) is 4.49. The van der Waals surface area contributed by atoms with Crippen LogP contribution in [0.4, 0.5) is 11.4 Å². The topological polar surface area (TPSA) is 69.2 Å². The summed E-state index contributed by atoms with van der Waals surface area (Å²) in [6, 6.07) is 4.60. The highest BCUT2D eigenvalue weighted by Gasteiger charge is 2.18. The molecule has 0 aliphatic heterocycles. The van der Waals surface area contributed by atoms with Crippen molar-refractivity contribution in [3.05, 3.63) is 33.9 Å². The minimum atomic E-state index is -0.442. The highest BCUT2D eigenvalue weighted by molar-refractivity contribution is 5.85. The molecule has 0 aliphatic rings. The minimum Gasteiger partial charge on any atom is -0.398 e. The summed E-state index contributed by atoms with van der Waals surface area (Å²) in [6.45, 7) is 6.06. The zero-order valence-electron chi connectivity index (χ0n) is 8.98. The average Bonchev–Trinajstić information content (AvgIpc) is 2.01. The number of nitrogens with two attached hydrogens (primary N) is 1. The lowest BCUT2D eigenvalue weighted by Crippen LogP contribution is -2.13. The van der Waals surface area contributed by atoms with Gasteiger partial charge in [-0.1, -0.05) is 20.8 Å². The SMILES string of the molecule is CC(C)(C)c1ccc([N+](=O)[O-])cc1N.Cl. The van der Waals surface area contributed by atoms with E-state index in [2.05, 4.69) is 0 Å². The van der Waals surface area contributed by atoms with Gasteiger partial charge < -0.3 is 5.73 Å². The summed E-state index contributed by atoms with van der Waals surface area (Å²) < 4.78 is 0. The van der Waals surface area contributed by atoms with Gasteiger partial charge in [-0.15, -0.1) is 12.4 Å². The van der Waals surface area contributed by atoms with Crippen LogP contribution in [0.3, 0.4) is 0 Å². The van der Waals surface area contributed by atoms with Gasteiger partial charge in [0.15, 0.2) is 0 Å². The third-order valence-corrected chi connectivity index (χ3v) is 2.05. The Balaban J connectivity index is 0.00000196. The summed E-state index contributed by atoms with van der Waals surface area (Å²) in [7, 11) is 0. The second-order valence-corrected chi connectivity index (χ2v) is 4.28. The number of nitrogen functional groups attached to an aromatic ring is 1. The van der Waals surface area contributed by atoms with E-state index in [1.807, 2.05) is 20.8 Å². The van der Waals surface area contributed by atoms with Gasteiger partial charge in [-0.05, 0) is 17.0 Å². The highest BCUT2D eigenvalue weighted by Crippen LogP contribution is 2.30. The van der Waals surface area contributed by atoms with E-state index >= 15 is 0 Å². The number of non-ortho nitro benzene ring substituents is 1. The number of nitro benzene ring substituents is 1. The summed E-state index contributed by atoms with van der Waals surface area (Å²) in [5.74, 6) is 0. The Morgan fingerprint density at radius 1 is 1.33 bits per heavy atom. The van der Waals surface area contributed by atoms with Crippen LogP contribution < -0.4 is 5.73 Å². The molecule has 0 atom stereocenters. The van der Waals surface area contributed by atoms with Crippen molar-refractivity contribution >= 4 is 23.8 Å². The summed E-state index contributed by atoms with van der Waals surface area (Å²) in [5.41, 5.74) is 7.11. The first-order chi connectivity index (χ1) is 6.32. The first-order valence-corrected chi connectivity index (χ1v) is 4.37. The van der Waals surface area contributed by atoms with Gasteiger partial charge in [0.25, 0.3) is 5.69 Å². The lowest BCUT2D eigenvalue weighted by Gasteiger charge is -2.20. The maximum atomic E-state index is 10.5. The van der Waals surface area contributed by atoms with Crippen LogP contribution in [0.15, 0.2) is 18.2 Å². The number of rotatable bonds is 1. The van der Waals surface area contributed by atoms with Crippen molar-refractivity contribution in [2.24, 2.45) is 0 Å². The number of hydrogen-bond acceptors (Lipinski definition) is 3. The number of benzene rings is 1. The molecule has 15 heavy (non-hydrogen) atoms. The van der Waals surface area contributed by atoms with Gasteiger partial charge in [0, 0.05) is 17.8 Å². The van der Waals surface area contributed by atoms with Crippen molar-refractivity contribution in [2.75, 3.05) is 5.73 Å². The van der Waals surface area contributed by atoms with E-state index in [0.29, 0.717) is 5.69 Å². The number of anilines is 1. The van der Waals surface area contributed by atoms with Gasteiger partial charge >= 0.3 is 0 Å². The number of halogens is 1. The minimum absolute atomic E-state index is 0. The molecule has 1 aromatic rings. The Bertz CT molecular complexity index is 372. The van der Waals surface area contributed by atoms with Crippen LogP contribution in [0, 0.1) is 10.1 Å². The zero-order valence-corrected chi connectivity index (χ0v) is 9.80. The molecule has 0 aliphatic carbocycles. The van der Waals surface area contributed by atoms with E-state index in [-0.39, 0.29) is 23.5 Å². The van der Waals surface area contributed by atoms with Crippen LogP contribution in [0.25, 0.3) is 0 Å². The van der Waals surface area contributed by atoms with Crippen molar-refractivity contribution < 1.29 is 4.92 Å². The molecule has 2 N–H and O–H groups in total. The monoisotopic (exact) mass is 230 g/mol. The largest absolute Gasteiger partial charge is 0.398 e. The molecule has 4 nitrogen and oxygen atoms in total. The molecule has 0 aromatic heterocycles. The lowest BCUT2D eigenvalue weighted by molar-refractivity contribution is -0.384. The van der Waals surface area contributed by atoms with Crippen molar-refractivity contribution in [3.8, 4) is 0 Å². The average molecular weight is 231 g/mol. The van der Waals surface area contributed by atoms with Gasteiger partial charge in [-0.25, -0.2) is 0 Å². The molecule has 0 fully saturated rings. The van der Waals surface area contributed by atoms with Crippen LogP contribution in [0.1, 0.15) is 26.3 Å². The molecule has 0 saturated heterocycles. The van der Waals surface area contributed by atoms with Gasteiger partial charge in [-0.3, -0.25) is 10.1 Å². The smallest absolute Gasteiger partial charge is 0.271 e. The third kappa shape index (κ3) is 3.09. The molecule has 0 heterocycles. The van der Waals surface area contributed by atoms with Gasteiger partial charge in [-0.2, -0.15) is 0 Å². The van der Waals surface area contributed by atoms with Gasteiger partial charge in [0.05, 0.1) is 4.92 Å². The molecule has 1 rings (SSSR count). The first-order valence-electron chi connectivity index (χ1n) is 4.37. The van der Waals surface area contributed by atoms with E-state index in [4.69, 9.17) is 5.73 Å². The Morgan fingerprint density at radius 3 is 2.20 bits per heavy atom. The maximum absolute atomic E-state index is 10.5. The maximum Gasteiger partial charge on any atom is 0.271 e. The number of hydrogen-bond donors (Lipinski definition) is 1. The predicted molar refractivity (Wildman–Crippen MR) is 63.5 cm³/mol. The standard InChI is InChI=1S/C10H14N2O2.ClH/c1-10(2,3)8-5-4-7(12(13)14)6-9(8)11;/h4-6H,11H2,1-3H3;1H. The Labute approximate surface area is 95.0 Å². The van der Waals surface area contributed by atoms with Crippen LogP contribution in [-0.2, 0) is 5.41 Å². The molecule has 0 spiro atoms. The highest BCUT2D eigenvalue weighted by atomic mass is 35.5. The summed E-state index contributed by atoms with van der Waals surface area (Å²) in [5, 5.41) is 10.5. The normalized spacial score (nSPS) is 10.6. The fourth-order valence-corrected chi connectivity index (χ4v) is 1.35. The Kier molecular flexibility index (Phi) is 4.10. The van der Waals surface area contributed by atoms with Gasteiger partial charge in [0.1, 0.15) is 0 Å². The van der Waals surface area contributed by atoms with E-state index in [9.17, 15) is 10.1 Å². The van der Waals surface area contributed by atoms with Crippen LogP contribution >= 0.6 is 12.4 Å². The van der Waals surface area contributed by atoms with E-state index in [1.165, 1.54) is 12.1 Å². The molecular weight excluding hydrogens is 216 g/mol. The third-order valence-electron chi connectivity index (χ3n) is 2.05. The second-order valence-electron chi connectivity index (χ2n) is 4.28. The lowest BCUT2D eigenvalue weighted by atomic mass is 9.86. The van der Waals surface area contributed by atoms with E-state index in [1.54, 1.807) is 6.07 Å². The molecule has 5 heteroatoms. The van der Waals surface area contributed by atoms with Crippen molar-refractivity contribution in [1.82, 2.24) is 0 Å². The molecule has 1 aromatic carbocycles. The quantitative estimate of drug-likeness (QED) is 0.458. The van der Waals surface area contributed by atoms with Crippen LogP contribution in [0.5, 0.6) is 0 Å². The van der Waals surface area contributed by atoms with E-state index in [0.717, 1.165) is 5.56 Å². The molecule has 0 radical (unpaired) electrons. The first kappa shape index (κ1) is 13.7. The fraction of sp³-hybridized carbons (Fsp3) is 0.400. The summed E-state index contributed by atoms with van der Waals surface area (Å²) in [4.78, 5) is 10.0. The fourth-order valence-electron chi connectivity index (χ4n) is 1.35. The number of nitro groups is 1. The number of nitrogens with zero attached hydrogens (tertiary/aromatic N) is 1. The molecule has 0 saturated carbocycles. The predicted octanol–water partition coefficient (Wildman–Crippen LogP) is 2.90. The van der Waals surface area contributed by atoms with Gasteiger partial charge in [0.2, 0.25) is 0 Å². The molecule has 0 bridgehead atoms. The molecular formula is C10H15ClN2O2. The molecule has 0 amide bonds. The zero-order chi connectivity index (χ0) is 10.9. The summed E-state index contributed by atoms with van der Waals surface area (Å²) >= 11 is 0. The van der Waals surface area contributed by atoms with Crippen molar-refractivity contribution in [2.45, 2.75) is 26.2 Å². The molecule has 84 valence electrons. The van der Waals surface area contributed by atoms with Crippen LogP contribution in [0.2, 0.25) is 0 Å². The Hall–Kier alpha value is -1.29.